The van der Waals surface area contributed by atoms with Gasteiger partial charge >= 0.3 is 11.1 Å². The summed E-state index contributed by atoms with van der Waals surface area (Å²) in [6.07, 6.45) is 2.00. The molecule has 1 saturated heterocycles. The van der Waals surface area contributed by atoms with E-state index in [-0.39, 0.29) is 56.8 Å². The van der Waals surface area contributed by atoms with Gasteiger partial charge in [-0.05, 0) is 37.3 Å². The monoisotopic (exact) mass is 719 g/mol. The number of carbonyl (C=O) groups excluding carboxylic acids is 3. The van der Waals surface area contributed by atoms with E-state index >= 15 is 0 Å². The number of benzene rings is 1. The molecule has 2 aromatic heterocycles. The van der Waals surface area contributed by atoms with E-state index in [1.54, 1.807) is 29.6 Å². The van der Waals surface area contributed by atoms with E-state index < -0.39 is 29.4 Å². The van der Waals surface area contributed by atoms with E-state index in [1.165, 1.54) is 46.0 Å². The summed E-state index contributed by atoms with van der Waals surface area (Å²) >= 11 is 9.83. The highest BCUT2D eigenvalue weighted by Crippen LogP contribution is 2.43. The van der Waals surface area contributed by atoms with Crippen LogP contribution in [0.4, 0.5) is 22.5 Å². The molecule has 0 bridgehead atoms. The van der Waals surface area contributed by atoms with Crippen LogP contribution in [-0.2, 0) is 30.4 Å². The fraction of sp³-hybridized carbons (Fsp3) is 0.259. The molecule has 246 valence electrons. The van der Waals surface area contributed by atoms with Gasteiger partial charge in [-0.3, -0.25) is 14.5 Å². The molecule has 3 atom stereocenters. The van der Waals surface area contributed by atoms with Gasteiger partial charge in [-0.2, -0.15) is 4.57 Å². The maximum Gasteiger partial charge on any atom is 0.351 e. The van der Waals surface area contributed by atoms with Crippen LogP contribution >= 0.6 is 46.5 Å². The Hall–Kier alpha value is -4.59. The maximum atomic E-state index is 12.9. The van der Waals surface area contributed by atoms with Gasteiger partial charge in [0, 0.05) is 28.3 Å². The summed E-state index contributed by atoms with van der Waals surface area (Å²) < 4.78 is 1.50. The second-order valence-electron chi connectivity index (χ2n) is 10.3. The van der Waals surface area contributed by atoms with E-state index in [2.05, 4.69) is 20.4 Å². The van der Waals surface area contributed by atoms with Crippen LogP contribution in [0, 0.1) is 5.92 Å². The molecular weight excluding hydrogens is 694 g/mol. The first kappa shape index (κ1) is 33.8. The van der Waals surface area contributed by atoms with Crippen molar-refractivity contribution in [1.82, 2.24) is 14.9 Å². The number of aliphatic carboxylic acids is 2. The lowest BCUT2D eigenvalue weighted by atomic mass is 9.99. The minimum Gasteiger partial charge on any atom is -0.543 e. The number of aromatic nitrogens is 3. The number of carboxylic acid groups (broad SMARTS) is 2. The smallest absolute Gasteiger partial charge is 0.351 e. The molecule has 0 spiro atoms. The fourth-order valence-electron chi connectivity index (χ4n) is 4.66. The first-order valence-electron chi connectivity index (χ1n) is 13.5. The van der Waals surface area contributed by atoms with Crippen LogP contribution in [0.1, 0.15) is 12.6 Å². The molecule has 1 fully saturated rings. The number of carbonyl (C=O) groups is 4. The third kappa shape index (κ3) is 7.07. The van der Waals surface area contributed by atoms with Crippen molar-refractivity contribution in [3.05, 3.63) is 52.1 Å². The van der Waals surface area contributed by atoms with Crippen LogP contribution in [-0.4, -0.2) is 72.4 Å². The maximum absolute atomic E-state index is 12.9. The molecule has 2 aliphatic rings. The van der Waals surface area contributed by atoms with Crippen LogP contribution in [0.25, 0.3) is 5.69 Å². The summed E-state index contributed by atoms with van der Waals surface area (Å²) in [7, 11) is 0. The number of rotatable bonds is 12. The molecule has 3 aromatic rings. The van der Waals surface area contributed by atoms with Gasteiger partial charge in [-0.1, -0.05) is 33.5 Å². The fourth-order valence-corrected chi connectivity index (χ4v) is 7.88. The van der Waals surface area contributed by atoms with Gasteiger partial charge in [-0.25, -0.2) is 9.78 Å². The number of hydrogen-bond donors (Lipinski definition) is 5. The number of β-lactam (4-membered cyclic amide) rings is 1. The molecule has 1 aromatic carbocycles. The summed E-state index contributed by atoms with van der Waals surface area (Å²) in [5, 5.41) is 29.4. The molecule has 3 unspecified atom stereocenters. The van der Waals surface area contributed by atoms with Crippen molar-refractivity contribution < 1.29 is 38.8 Å². The first-order chi connectivity index (χ1) is 22.3. The zero-order chi connectivity index (χ0) is 34.0. The number of thioether (sulfide) groups is 2. The van der Waals surface area contributed by atoms with E-state index in [9.17, 15) is 29.4 Å². The Kier molecular flexibility index (Phi) is 9.80. The largest absolute Gasteiger partial charge is 0.543 e. The Balaban J connectivity index is 1.35. The van der Waals surface area contributed by atoms with Gasteiger partial charge in [0.15, 0.2) is 10.8 Å². The number of nitrogens with two attached hydrogens (primary N) is 3. The zero-order valence-corrected chi connectivity index (χ0v) is 27.5. The number of halogens is 1. The van der Waals surface area contributed by atoms with Crippen molar-refractivity contribution in [2.45, 2.75) is 29.5 Å². The highest BCUT2D eigenvalue weighted by molar-refractivity contribution is 8.00. The Morgan fingerprint density at radius 3 is 2.66 bits per heavy atom. The second-order valence-corrected chi connectivity index (χ2v) is 13.7. The lowest BCUT2D eigenvalue weighted by molar-refractivity contribution is -0.625. The van der Waals surface area contributed by atoms with Gasteiger partial charge in [0.2, 0.25) is 17.3 Å². The summed E-state index contributed by atoms with van der Waals surface area (Å²) in [6.45, 7) is 1.27. The van der Waals surface area contributed by atoms with Crippen molar-refractivity contribution in [1.29, 1.82) is 0 Å². The number of fused-ring (bicyclic) bond motifs is 1. The molecule has 4 heterocycles. The topological polar surface area (TPSA) is 256 Å². The number of nitrogens with one attached hydrogen (secondary N) is 1. The molecule has 2 amide bonds. The van der Waals surface area contributed by atoms with Crippen LogP contribution in [0.15, 0.2) is 51.7 Å². The van der Waals surface area contributed by atoms with Crippen LogP contribution in [0.2, 0.25) is 5.02 Å². The summed E-state index contributed by atoms with van der Waals surface area (Å²) in [5.74, 6) is -4.04. The number of nitrogens with zero attached hydrogens (tertiary/aromatic N) is 5. The number of nitrogen functional groups attached to an aromatic ring is 3. The predicted molar refractivity (Wildman–Crippen MR) is 174 cm³/mol. The number of thiazole rings is 1. The average molecular weight is 720 g/mol. The molecule has 0 radical (unpaired) electrons. The van der Waals surface area contributed by atoms with E-state index in [1.807, 2.05) is 0 Å². The van der Waals surface area contributed by atoms with Crippen molar-refractivity contribution >= 4 is 98.9 Å². The molecule has 16 nitrogen and oxygen atoms in total. The molecular formula is C27H26ClN9O7S3. The number of amides is 2. The normalized spacial score (nSPS) is 18.6. The van der Waals surface area contributed by atoms with Gasteiger partial charge in [0.1, 0.15) is 11.9 Å². The lowest BCUT2D eigenvalue weighted by Gasteiger charge is -2.49. The minimum absolute atomic E-state index is 0.0303. The van der Waals surface area contributed by atoms with Gasteiger partial charge in [0.05, 0.1) is 28.7 Å². The first-order valence-corrected chi connectivity index (χ1v) is 16.8. The molecule has 8 N–H and O–H groups in total. The van der Waals surface area contributed by atoms with Crippen LogP contribution in [0.3, 0.4) is 0 Å². The summed E-state index contributed by atoms with van der Waals surface area (Å²) in [6, 6.07) is 6.56. The Labute approximate surface area is 284 Å². The Bertz CT molecular complexity index is 1820. The lowest BCUT2D eigenvalue weighted by Crippen LogP contribution is -2.62. The highest BCUT2D eigenvalue weighted by atomic mass is 35.5. The molecule has 47 heavy (non-hydrogen) atoms. The summed E-state index contributed by atoms with van der Waals surface area (Å²) in [4.78, 5) is 64.0. The number of hydrogen-bond acceptors (Lipinski definition) is 15. The van der Waals surface area contributed by atoms with Crippen molar-refractivity contribution in [2.24, 2.45) is 11.1 Å². The van der Waals surface area contributed by atoms with Crippen LogP contribution in [0.5, 0.6) is 0 Å². The van der Waals surface area contributed by atoms with E-state index in [0.29, 0.717) is 22.2 Å². The van der Waals surface area contributed by atoms with E-state index in [4.69, 9.17) is 33.6 Å². The third-order valence-electron chi connectivity index (χ3n) is 7.02. The summed E-state index contributed by atoms with van der Waals surface area (Å²) in [5.41, 5.74) is 17.2. The van der Waals surface area contributed by atoms with Gasteiger partial charge < -0.3 is 42.4 Å². The van der Waals surface area contributed by atoms with Crippen LogP contribution < -0.4 is 32.2 Å². The minimum atomic E-state index is -1.86. The molecule has 5 rings (SSSR count). The molecule has 20 heteroatoms. The SMILES string of the molecule is CC(Cc1csc(N)n1)(O/N=C\C(=O)Nc1c(N)nc(SCC2C(=O)N3C(C(=O)[O-])=CCSC23)[n+](-c2ccc(Cl)cc2)c1N)C(=O)O. The molecule has 2 aliphatic heterocycles. The van der Waals surface area contributed by atoms with Gasteiger partial charge in [0.25, 0.3) is 11.7 Å². The van der Waals surface area contributed by atoms with Crippen molar-refractivity contribution in [3.63, 3.8) is 0 Å². The van der Waals surface area contributed by atoms with Gasteiger partial charge in [-0.15, -0.1) is 23.1 Å². The number of anilines is 4. The number of carboxylic acids is 2. The Morgan fingerprint density at radius 2 is 2.02 bits per heavy atom. The highest BCUT2D eigenvalue weighted by Gasteiger charge is 2.50. The number of oxime groups is 1. The quantitative estimate of drug-likeness (QED) is 0.0427. The van der Waals surface area contributed by atoms with Crippen molar-refractivity contribution in [3.8, 4) is 5.69 Å². The third-order valence-corrected chi connectivity index (χ3v) is 10.3. The molecule has 0 saturated carbocycles. The predicted octanol–water partition coefficient (Wildman–Crippen LogP) is 0.499. The molecule has 0 aliphatic carbocycles. The Morgan fingerprint density at radius 1 is 1.30 bits per heavy atom. The standard InChI is InChI=1S/C27H26ClN9O7S3/c1-27(24(42)43,8-13-10-46-25(31)33-13)44-32-9-17(38)34-18-19(29)35-26(36(20(18)30)14-4-2-12(28)3-5-14)47-11-15-21(39)37-16(23(40)41)6-7-45-22(15)37/h2-6,9-10,15,22H,7-8,11H2,1H3,(H8,29,30,31,32,33,34,38,40,41,42,43). The van der Waals surface area contributed by atoms with E-state index in [0.717, 1.165) is 17.6 Å². The van der Waals surface area contributed by atoms with Crippen molar-refractivity contribution in [2.75, 3.05) is 34.0 Å². The average Bonchev–Trinajstić information content (AvgIpc) is 3.43. The second kappa shape index (κ2) is 13.6. The zero-order valence-electron chi connectivity index (χ0n) is 24.3.